The highest BCUT2D eigenvalue weighted by atomic mass is 32.2. The van der Waals surface area contributed by atoms with E-state index in [-0.39, 0.29) is 59.2 Å². The van der Waals surface area contributed by atoms with Crippen LogP contribution in [0.3, 0.4) is 0 Å². The van der Waals surface area contributed by atoms with E-state index in [4.69, 9.17) is 11.1 Å². The monoisotopic (exact) mass is 537 g/mol. The zero-order valence-electron chi connectivity index (χ0n) is 21.1. The SMILES string of the molecule is C[C@@H](O)[C@H]1C(=O)N2C(C(=O)O)=C(S[C@H]3C[C@@H](C(=O)N4CC[C@H](NC(=O)NCC(=N)N)C4)N(C)C3)[C@H](C)[C@H]12. The number of fused-ring (bicyclic) bond motifs is 1. The van der Waals surface area contributed by atoms with Gasteiger partial charge in [0.05, 0.1) is 30.7 Å². The average molecular weight is 538 g/mol. The number of likely N-dealkylation sites (tertiary alicyclic amines) is 2. The molecule has 14 heteroatoms. The zero-order valence-corrected chi connectivity index (χ0v) is 22.0. The number of aliphatic hydroxyl groups is 1. The second kappa shape index (κ2) is 10.5. The van der Waals surface area contributed by atoms with Gasteiger partial charge in [0.1, 0.15) is 11.5 Å². The summed E-state index contributed by atoms with van der Waals surface area (Å²) in [5, 5.41) is 32.4. The van der Waals surface area contributed by atoms with E-state index in [1.165, 1.54) is 16.7 Å². The summed E-state index contributed by atoms with van der Waals surface area (Å²) in [6.07, 6.45) is 0.305. The van der Waals surface area contributed by atoms with Gasteiger partial charge in [-0.2, -0.15) is 0 Å². The third-order valence-electron chi connectivity index (χ3n) is 7.67. The number of nitrogens with zero attached hydrogens (tertiary/aromatic N) is 3. The minimum Gasteiger partial charge on any atom is -0.477 e. The number of β-lactam (4-membered cyclic amide) rings is 1. The molecule has 204 valence electrons. The number of nitrogens with two attached hydrogens (primary N) is 1. The average Bonchev–Trinajstić information content (AvgIpc) is 3.48. The van der Waals surface area contributed by atoms with Gasteiger partial charge < -0.3 is 36.4 Å². The van der Waals surface area contributed by atoms with Gasteiger partial charge in [0.2, 0.25) is 11.8 Å². The standard InChI is InChI=1S/C23H35N7O6S/c1-10-17-16(11(2)31)21(33)30(17)18(22(34)35)19(10)37-13-6-14(28(3)9-13)20(32)29-5-4-12(8-29)27-23(36)26-7-15(24)25/h10-14,16-17,31H,4-9H2,1-3H3,(H3,24,25)(H,34,35)(H2,26,27,36)/t10-,11-,12+,13+,14+,16-,17-/m1/s1. The van der Waals surface area contributed by atoms with Gasteiger partial charge in [-0.25, -0.2) is 9.59 Å². The summed E-state index contributed by atoms with van der Waals surface area (Å²) in [6, 6.07) is -1.35. The second-order valence-corrected chi connectivity index (χ2v) is 11.7. The smallest absolute Gasteiger partial charge is 0.353 e. The van der Waals surface area contributed by atoms with Crippen LogP contribution in [0.5, 0.6) is 0 Å². The fourth-order valence-electron chi connectivity index (χ4n) is 5.89. The number of urea groups is 1. The molecule has 0 aromatic heterocycles. The van der Waals surface area contributed by atoms with E-state index in [1.54, 1.807) is 11.8 Å². The van der Waals surface area contributed by atoms with Crippen LogP contribution in [-0.2, 0) is 14.4 Å². The predicted octanol–water partition coefficient (Wildman–Crippen LogP) is -1.22. The number of aliphatic carboxylic acids is 1. The number of hydrogen-bond donors (Lipinski definition) is 6. The Morgan fingerprint density at radius 1 is 1.30 bits per heavy atom. The molecule has 4 amide bonds. The molecule has 7 atom stereocenters. The molecule has 3 fully saturated rings. The van der Waals surface area contributed by atoms with Crippen molar-refractivity contribution in [1.29, 1.82) is 5.41 Å². The number of nitrogens with one attached hydrogen (secondary N) is 3. The minimum atomic E-state index is -1.16. The highest BCUT2D eigenvalue weighted by Crippen LogP contribution is 2.52. The molecule has 0 aromatic carbocycles. The molecule has 0 aromatic rings. The minimum absolute atomic E-state index is 0.00154. The van der Waals surface area contributed by atoms with Crippen LogP contribution in [0.4, 0.5) is 4.79 Å². The molecular formula is C23H35N7O6S. The summed E-state index contributed by atoms with van der Waals surface area (Å²) in [4.78, 5) is 55.6. The van der Waals surface area contributed by atoms with E-state index in [2.05, 4.69) is 10.6 Å². The lowest BCUT2D eigenvalue weighted by molar-refractivity contribution is -0.163. The van der Waals surface area contributed by atoms with Gasteiger partial charge >= 0.3 is 12.0 Å². The summed E-state index contributed by atoms with van der Waals surface area (Å²) in [5.74, 6) is -2.51. The van der Waals surface area contributed by atoms with E-state index in [0.29, 0.717) is 37.4 Å². The van der Waals surface area contributed by atoms with E-state index in [9.17, 15) is 29.4 Å². The maximum Gasteiger partial charge on any atom is 0.353 e. The molecule has 0 spiro atoms. The molecule has 4 aliphatic heterocycles. The van der Waals surface area contributed by atoms with Crippen molar-refractivity contribution in [2.24, 2.45) is 17.6 Å². The van der Waals surface area contributed by atoms with E-state index in [0.717, 1.165) is 0 Å². The molecule has 0 aliphatic carbocycles. The quantitative estimate of drug-likeness (QED) is 0.125. The van der Waals surface area contributed by atoms with Crippen LogP contribution in [-0.4, -0.2) is 117 Å². The molecule has 37 heavy (non-hydrogen) atoms. The number of likely N-dealkylation sites (N-methyl/N-ethyl adjacent to an activating group) is 1. The molecule has 0 radical (unpaired) electrons. The lowest BCUT2D eigenvalue weighted by Crippen LogP contribution is -2.63. The van der Waals surface area contributed by atoms with Crippen molar-refractivity contribution >= 4 is 41.4 Å². The number of carboxylic acids is 1. The van der Waals surface area contributed by atoms with E-state index >= 15 is 0 Å². The van der Waals surface area contributed by atoms with Gasteiger partial charge in [-0.1, -0.05) is 6.92 Å². The molecule has 13 nitrogen and oxygen atoms in total. The topological polar surface area (TPSA) is 192 Å². The van der Waals surface area contributed by atoms with E-state index < -0.39 is 24.0 Å². The van der Waals surface area contributed by atoms with Crippen LogP contribution >= 0.6 is 11.8 Å². The lowest BCUT2D eigenvalue weighted by Gasteiger charge is -2.46. The number of carboxylic acid groups (broad SMARTS) is 1. The number of carbonyl (C=O) groups excluding carboxylic acids is 3. The Kier molecular flexibility index (Phi) is 7.72. The molecule has 0 bridgehead atoms. The number of thioether (sulfide) groups is 1. The Hall–Kier alpha value is -2.84. The third-order valence-corrected chi connectivity index (χ3v) is 9.17. The summed E-state index contributed by atoms with van der Waals surface area (Å²) < 4.78 is 0. The van der Waals surface area contributed by atoms with Gasteiger partial charge in [0.25, 0.3) is 0 Å². The van der Waals surface area contributed by atoms with Gasteiger partial charge in [0, 0.05) is 41.7 Å². The Morgan fingerprint density at radius 3 is 2.62 bits per heavy atom. The highest BCUT2D eigenvalue weighted by Gasteiger charge is 2.60. The number of amides is 4. The first-order chi connectivity index (χ1) is 17.4. The summed E-state index contributed by atoms with van der Waals surface area (Å²) in [7, 11) is 1.87. The van der Waals surface area contributed by atoms with Crippen LogP contribution in [0.25, 0.3) is 0 Å². The normalized spacial score (nSPS) is 32.3. The summed E-state index contributed by atoms with van der Waals surface area (Å²) >= 11 is 1.42. The van der Waals surface area contributed by atoms with Crippen LogP contribution in [0.15, 0.2) is 10.6 Å². The Bertz CT molecular complexity index is 1040. The van der Waals surface area contributed by atoms with Crippen molar-refractivity contribution in [3.63, 3.8) is 0 Å². The Morgan fingerprint density at radius 2 is 2.00 bits per heavy atom. The maximum absolute atomic E-state index is 13.3. The first-order valence-corrected chi connectivity index (χ1v) is 13.3. The van der Waals surface area contributed by atoms with Gasteiger partial charge in [0.15, 0.2) is 0 Å². The number of amidine groups is 1. The van der Waals surface area contributed by atoms with Gasteiger partial charge in [-0.3, -0.25) is 19.9 Å². The molecule has 3 saturated heterocycles. The highest BCUT2D eigenvalue weighted by molar-refractivity contribution is 8.03. The van der Waals surface area contributed by atoms with Crippen LogP contribution < -0.4 is 16.4 Å². The lowest BCUT2D eigenvalue weighted by atomic mass is 9.79. The summed E-state index contributed by atoms with van der Waals surface area (Å²) in [5.41, 5.74) is 5.25. The van der Waals surface area contributed by atoms with Crippen molar-refractivity contribution in [1.82, 2.24) is 25.3 Å². The third kappa shape index (κ3) is 5.14. The predicted molar refractivity (Wildman–Crippen MR) is 135 cm³/mol. The number of carbonyl (C=O) groups is 4. The van der Waals surface area contributed by atoms with Crippen molar-refractivity contribution in [2.75, 3.05) is 33.2 Å². The van der Waals surface area contributed by atoms with Crippen LogP contribution in [0, 0.1) is 17.2 Å². The fourth-order valence-corrected chi connectivity index (χ4v) is 7.48. The molecule has 4 heterocycles. The fraction of sp³-hybridized carbons (Fsp3) is 0.696. The van der Waals surface area contributed by atoms with E-state index in [1.807, 2.05) is 18.9 Å². The number of aliphatic hydroxyl groups excluding tert-OH is 1. The largest absolute Gasteiger partial charge is 0.477 e. The molecule has 0 unspecified atom stereocenters. The zero-order chi connectivity index (χ0) is 27.2. The van der Waals surface area contributed by atoms with Crippen molar-refractivity contribution < 1.29 is 29.4 Å². The number of rotatable bonds is 8. The second-order valence-electron chi connectivity index (χ2n) is 10.3. The first kappa shape index (κ1) is 27.2. The maximum atomic E-state index is 13.3. The van der Waals surface area contributed by atoms with Gasteiger partial charge in [-0.15, -0.1) is 11.8 Å². The summed E-state index contributed by atoms with van der Waals surface area (Å²) in [6.45, 7) is 4.90. The van der Waals surface area contributed by atoms with Crippen molar-refractivity contribution in [2.45, 2.75) is 56.2 Å². The molecule has 4 rings (SSSR count). The molecule has 7 N–H and O–H groups in total. The molecular weight excluding hydrogens is 502 g/mol. The Labute approximate surface area is 219 Å². The van der Waals surface area contributed by atoms with Crippen molar-refractivity contribution in [3.8, 4) is 0 Å². The number of hydrogen-bond acceptors (Lipinski definition) is 8. The molecule has 0 saturated carbocycles. The molecule has 4 aliphatic rings. The van der Waals surface area contributed by atoms with Gasteiger partial charge in [-0.05, 0) is 26.8 Å². The van der Waals surface area contributed by atoms with Crippen LogP contribution in [0.1, 0.15) is 26.7 Å². The first-order valence-electron chi connectivity index (χ1n) is 12.4. The van der Waals surface area contributed by atoms with Crippen molar-refractivity contribution in [3.05, 3.63) is 10.6 Å². The van der Waals surface area contributed by atoms with Crippen LogP contribution in [0.2, 0.25) is 0 Å². The Balaban J connectivity index is 1.36.